The Bertz CT molecular complexity index is 870. The number of rotatable bonds is 8. The van der Waals surface area contributed by atoms with Gasteiger partial charge in [0.25, 0.3) is 0 Å². The van der Waals surface area contributed by atoms with Crippen LogP contribution in [-0.4, -0.2) is 0 Å². The van der Waals surface area contributed by atoms with E-state index in [0.29, 0.717) is 0 Å². The molecule has 0 saturated carbocycles. The van der Waals surface area contributed by atoms with E-state index in [0.717, 1.165) is 0 Å². The fourth-order valence-electron chi connectivity index (χ4n) is 5.29. The summed E-state index contributed by atoms with van der Waals surface area (Å²) in [7, 11) is 0. The molecule has 1 aliphatic carbocycles. The summed E-state index contributed by atoms with van der Waals surface area (Å²) < 4.78 is 0. The Morgan fingerprint density at radius 3 is 1.33 bits per heavy atom. The maximum atomic E-state index is 2.34. The highest BCUT2D eigenvalue weighted by Crippen LogP contribution is 2.44. The summed E-state index contributed by atoms with van der Waals surface area (Å²) in [5, 5.41) is 0. The van der Waals surface area contributed by atoms with E-state index >= 15 is 0 Å². The molecule has 1 aliphatic rings. The van der Waals surface area contributed by atoms with Gasteiger partial charge in [-0.15, -0.1) is 0 Å². The number of hydrogen-bond acceptors (Lipinski definition) is 0. The van der Waals surface area contributed by atoms with Crippen LogP contribution in [0.5, 0.6) is 0 Å². The molecule has 0 bridgehead atoms. The molecule has 3 aromatic rings. The summed E-state index contributed by atoms with van der Waals surface area (Å²) in [5.41, 5.74) is 12.6. The second-order valence-corrected chi connectivity index (χ2v) is 8.81. The van der Waals surface area contributed by atoms with Crippen molar-refractivity contribution in [1.29, 1.82) is 0 Å². The molecule has 0 unspecified atom stereocenters. The molecule has 0 aliphatic heterocycles. The molecule has 3 aromatic carbocycles. The Morgan fingerprint density at radius 2 is 0.967 bits per heavy atom. The van der Waals surface area contributed by atoms with E-state index in [4.69, 9.17) is 0 Å². The van der Waals surface area contributed by atoms with Crippen molar-refractivity contribution in [3.05, 3.63) is 82.9 Å². The smallest absolute Gasteiger partial charge is 0.0114 e. The highest BCUT2D eigenvalue weighted by atomic mass is 14.3. The molecule has 0 heteroatoms. The van der Waals surface area contributed by atoms with E-state index in [9.17, 15) is 0 Å². The number of unbranched alkanes of at least 4 members (excludes halogenated alkanes) is 2. The van der Waals surface area contributed by atoms with Gasteiger partial charge in [0.05, 0.1) is 0 Å². The third kappa shape index (κ3) is 4.24. The molecule has 0 radical (unpaired) electrons. The first kappa shape index (κ1) is 20.9. The monoisotopic (exact) mass is 396 g/mol. The first-order valence-corrected chi connectivity index (χ1v) is 12.1. The van der Waals surface area contributed by atoms with Gasteiger partial charge < -0.3 is 0 Å². The molecule has 4 rings (SSSR count). The van der Waals surface area contributed by atoms with E-state index in [-0.39, 0.29) is 0 Å². The van der Waals surface area contributed by atoms with E-state index in [1.54, 1.807) is 33.4 Å². The van der Waals surface area contributed by atoms with E-state index in [2.05, 4.69) is 74.5 Å². The third-order valence-electron chi connectivity index (χ3n) is 6.72. The summed E-state index contributed by atoms with van der Waals surface area (Å²) >= 11 is 0. The predicted octanol–water partition coefficient (Wildman–Crippen LogP) is 8.58. The van der Waals surface area contributed by atoms with E-state index in [1.165, 1.54) is 75.3 Å². The normalized spacial score (nSPS) is 13.3. The fourth-order valence-corrected chi connectivity index (χ4v) is 5.29. The van der Waals surface area contributed by atoms with Crippen LogP contribution in [-0.2, 0) is 25.7 Å². The van der Waals surface area contributed by atoms with Gasteiger partial charge in [0, 0.05) is 0 Å². The lowest BCUT2D eigenvalue weighted by Gasteiger charge is -2.30. The Hall–Kier alpha value is -2.34. The minimum atomic E-state index is 1.20. The predicted molar refractivity (Wildman–Crippen MR) is 131 cm³/mol. The fraction of sp³-hybridized carbons (Fsp3) is 0.400. The molecule has 0 spiro atoms. The van der Waals surface area contributed by atoms with Gasteiger partial charge >= 0.3 is 0 Å². The topological polar surface area (TPSA) is 0 Å². The van der Waals surface area contributed by atoms with Crippen molar-refractivity contribution in [2.24, 2.45) is 0 Å². The Balaban J connectivity index is 2.05. The average Bonchev–Trinajstić information content (AvgIpc) is 2.81. The van der Waals surface area contributed by atoms with Crippen LogP contribution in [0.4, 0.5) is 0 Å². The van der Waals surface area contributed by atoms with Crippen LogP contribution >= 0.6 is 0 Å². The average molecular weight is 397 g/mol. The minimum absolute atomic E-state index is 1.20. The van der Waals surface area contributed by atoms with Crippen LogP contribution in [0.2, 0.25) is 0 Å². The quantitative estimate of drug-likeness (QED) is 0.357. The molecule has 156 valence electrons. The van der Waals surface area contributed by atoms with Crippen LogP contribution in [0.3, 0.4) is 0 Å². The zero-order chi connectivity index (χ0) is 20.8. The molecular formula is C30H36. The maximum Gasteiger partial charge on any atom is -0.0114 e. The van der Waals surface area contributed by atoms with Crippen LogP contribution < -0.4 is 0 Å². The molecule has 0 N–H and O–H groups in total. The van der Waals surface area contributed by atoms with Crippen LogP contribution in [0.15, 0.2) is 60.7 Å². The van der Waals surface area contributed by atoms with Gasteiger partial charge in [-0.1, -0.05) is 87.4 Å². The third-order valence-corrected chi connectivity index (χ3v) is 6.72. The molecule has 0 heterocycles. The molecule has 0 fully saturated rings. The summed E-state index contributed by atoms with van der Waals surface area (Å²) in [6, 6.07) is 22.5. The lowest BCUT2D eigenvalue weighted by molar-refractivity contribution is 0.681. The second kappa shape index (κ2) is 10.1. The minimum Gasteiger partial charge on any atom is -0.0654 e. The highest BCUT2D eigenvalue weighted by molar-refractivity contribution is 5.84. The van der Waals surface area contributed by atoms with Gasteiger partial charge in [-0.2, -0.15) is 0 Å². The highest BCUT2D eigenvalue weighted by Gasteiger charge is 2.26. The van der Waals surface area contributed by atoms with Gasteiger partial charge in [0.15, 0.2) is 0 Å². The van der Waals surface area contributed by atoms with Gasteiger partial charge in [0.2, 0.25) is 0 Å². The first-order chi connectivity index (χ1) is 14.8. The molecule has 0 amide bonds. The largest absolute Gasteiger partial charge is 0.0654 e. The molecule has 0 nitrogen and oxygen atoms in total. The standard InChI is InChI=1S/C30H36/c1-3-5-19-25-26(20-6-4-2)30(24-17-11-8-12-18-24)28-22-14-13-21-27(28)29(25)23-15-9-7-10-16-23/h7-12,15-18H,3-6,13-14,19-22H2,1-2H3. The van der Waals surface area contributed by atoms with Gasteiger partial charge in [-0.25, -0.2) is 0 Å². The molecule has 0 saturated heterocycles. The second-order valence-electron chi connectivity index (χ2n) is 8.81. The zero-order valence-corrected chi connectivity index (χ0v) is 18.8. The van der Waals surface area contributed by atoms with Crippen LogP contribution in [0.25, 0.3) is 22.3 Å². The van der Waals surface area contributed by atoms with Gasteiger partial charge in [-0.05, 0) is 95.9 Å². The van der Waals surface area contributed by atoms with E-state index < -0.39 is 0 Å². The molecule has 0 atom stereocenters. The number of hydrogen-bond donors (Lipinski definition) is 0. The van der Waals surface area contributed by atoms with Crippen molar-refractivity contribution in [2.75, 3.05) is 0 Å². The summed E-state index contributed by atoms with van der Waals surface area (Å²) in [6.45, 7) is 4.65. The SMILES string of the molecule is CCCCc1c(CCCC)c(-c2ccccc2)c2c(c1-c1ccccc1)CCCC2. The zero-order valence-electron chi connectivity index (χ0n) is 18.8. The molecular weight excluding hydrogens is 360 g/mol. The first-order valence-electron chi connectivity index (χ1n) is 12.1. The van der Waals surface area contributed by atoms with Crippen molar-refractivity contribution in [3.8, 4) is 22.3 Å². The van der Waals surface area contributed by atoms with Crippen molar-refractivity contribution < 1.29 is 0 Å². The summed E-state index contributed by atoms with van der Waals surface area (Å²) in [4.78, 5) is 0. The number of fused-ring (bicyclic) bond motifs is 1. The number of benzene rings is 3. The van der Waals surface area contributed by atoms with Crippen molar-refractivity contribution in [3.63, 3.8) is 0 Å². The van der Waals surface area contributed by atoms with Crippen molar-refractivity contribution in [1.82, 2.24) is 0 Å². The van der Waals surface area contributed by atoms with Gasteiger partial charge in [0.1, 0.15) is 0 Å². The lowest BCUT2D eigenvalue weighted by Crippen LogP contribution is -2.13. The Labute approximate surface area is 183 Å². The maximum absolute atomic E-state index is 2.34. The molecule has 0 aromatic heterocycles. The summed E-state index contributed by atoms with van der Waals surface area (Å²) in [5.74, 6) is 0. The van der Waals surface area contributed by atoms with Crippen molar-refractivity contribution >= 4 is 0 Å². The van der Waals surface area contributed by atoms with Crippen LogP contribution in [0, 0.1) is 0 Å². The van der Waals surface area contributed by atoms with Crippen LogP contribution in [0.1, 0.15) is 74.6 Å². The Morgan fingerprint density at radius 1 is 0.567 bits per heavy atom. The van der Waals surface area contributed by atoms with E-state index in [1.807, 2.05) is 0 Å². The Kier molecular flexibility index (Phi) is 7.05. The molecule has 30 heavy (non-hydrogen) atoms. The lowest BCUT2D eigenvalue weighted by atomic mass is 9.74. The summed E-state index contributed by atoms with van der Waals surface area (Å²) in [6.07, 6.45) is 12.5. The van der Waals surface area contributed by atoms with Gasteiger partial charge in [-0.3, -0.25) is 0 Å². The van der Waals surface area contributed by atoms with Crippen molar-refractivity contribution in [2.45, 2.75) is 78.1 Å².